The fourth-order valence-corrected chi connectivity index (χ4v) is 2.78. The predicted molar refractivity (Wildman–Crippen MR) is 79.1 cm³/mol. The van der Waals surface area contributed by atoms with Crippen molar-refractivity contribution < 1.29 is 4.39 Å². The zero-order valence-corrected chi connectivity index (χ0v) is 12.6. The second kappa shape index (κ2) is 6.46. The monoisotopic (exact) mass is 298 g/mol. The molecule has 0 spiro atoms. The molecule has 0 unspecified atom stereocenters. The van der Waals surface area contributed by atoms with Crippen LogP contribution in [0.15, 0.2) is 23.6 Å². The Labute approximate surface area is 121 Å². The van der Waals surface area contributed by atoms with E-state index in [1.165, 1.54) is 17.4 Å². The van der Waals surface area contributed by atoms with E-state index in [0.717, 1.165) is 22.8 Å². The number of halogens is 2. The molecule has 0 aliphatic carbocycles. The van der Waals surface area contributed by atoms with Gasteiger partial charge in [-0.2, -0.15) is 0 Å². The molecule has 0 aliphatic heterocycles. The van der Waals surface area contributed by atoms with E-state index < -0.39 is 0 Å². The standard InChI is InChI=1S/C14H16ClFN2S/c1-3-18(2)8-11-6-10(4-5-13(11)16)14-17-12(7-15)9-19-14/h4-6,9H,3,7-8H2,1-2H3. The Hall–Kier alpha value is -0.970. The molecule has 0 N–H and O–H groups in total. The molecule has 1 heterocycles. The molecule has 2 nitrogen and oxygen atoms in total. The maximum absolute atomic E-state index is 13.8. The lowest BCUT2D eigenvalue weighted by molar-refractivity contribution is 0.339. The minimum absolute atomic E-state index is 0.168. The van der Waals surface area contributed by atoms with Crippen LogP contribution in [0.3, 0.4) is 0 Å². The summed E-state index contributed by atoms with van der Waals surface area (Å²) in [6.07, 6.45) is 0. The summed E-state index contributed by atoms with van der Waals surface area (Å²) in [6.45, 7) is 3.54. The van der Waals surface area contributed by atoms with Crippen molar-refractivity contribution in [2.45, 2.75) is 19.3 Å². The summed E-state index contributed by atoms with van der Waals surface area (Å²) in [5.74, 6) is 0.238. The van der Waals surface area contributed by atoms with Crippen molar-refractivity contribution in [3.05, 3.63) is 40.7 Å². The number of thiazole rings is 1. The van der Waals surface area contributed by atoms with Crippen LogP contribution in [0, 0.1) is 5.82 Å². The minimum atomic E-state index is -0.168. The molecule has 0 fully saturated rings. The average Bonchev–Trinajstić information content (AvgIpc) is 2.90. The van der Waals surface area contributed by atoms with Crippen LogP contribution in [-0.2, 0) is 12.4 Å². The van der Waals surface area contributed by atoms with Crippen LogP contribution in [0.25, 0.3) is 10.6 Å². The van der Waals surface area contributed by atoms with E-state index in [1.54, 1.807) is 6.07 Å². The largest absolute Gasteiger partial charge is 0.302 e. The normalized spacial score (nSPS) is 11.2. The van der Waals surface area contributed by atoms with Crippen molar-refractivity contribution in [1.82, 2.24) is 9.88 Å². The summed E-state index contributed by atoms with van der Waals surface area (Å²) < 4.78 is 13.8. The van der Waals surface area contributed by atoms with E-state index >= 15 is 0 Å². The van der Waals surface area contributed by atoms with Gasteiger partial charge < -0.3 is 4.90 Å². The molecule has 102 valence electrons. The first-order valence-corrected chi connectivity index (χ1v) is 7.53. The van der Waals surface area contributed by atoms with Gasteiger partial charge >= 0.3 is 0 Å². The van der Waals surface area contributed by atoms with Crippen LogP contribution < -0.4 is 0 Å². The Morgan fingerprint density at radius 2 is 2.21 bits per heavy atom. The Morgan fingerprint density at radius 3 is 2.84 bits per heavy atom. The first-order valence-electron chi connectivity index (χ1n) is 6.11. The Bertz CT molecular complexity index is 556. The lowest BCUT2D eigenvalue weighted by atomic mass is 10.1. The van der Waals surface area contributed by atoms with Gasteiger partial charge in [-0.15, -0.1) is 22.9 Å². The molecule has 0 aliphatic rings. The third-order valence-corrected chi connectivity index (χ3v) is 4.18. The third kappa shape index (κ3) is 3.53. The van der Waals surface area contributed by atoms with Crippen LogP contribution in [0.4, 0.5) is 4.39 Å². The van der Waals surface area contributed by atoms with Crippen molar-refractivity contribution in [2.75, 3.05) is 13.6 Å². The first kappa shape index (κ1) is 14.4. The van der Waals surface area contributed by atoms with Gasteiger partial charge in [-0.05, 0) is 31.8 Å². The number of hydrogen-bond acceptors (Lipinski definition) is 3. The van der Waals surface area contributed by atoms with Gasteiger partial charge in [0, 0.05) is 23.1 Å². The van der Waals surface area contributed by atoms with Gasteiger partial charge in [-0.25, -0.2) is 9.37 Å². The van der Waals surface area contributed by atoms with E-state index in [4.69, 9.17) is 11.6 Å². The molecule has 0 radical (unpaired) electrons. The fourth-order valence-electron chi connectivity index (χ4n) is 1.73. The van der Waals surface area contributed by atoms with Crippen LogP contribution in [0.5, 0.6) is 0 Å². The fraction of sp³-hybridized carbons (Fsp3) is 0.357. The van der Waals surface area contributed by atoms with Crippen molar-refractivity contribution >= 4 is 22.9 Å². The van der Waals surface area contributed by atoms with E-state index in [1.807, 2.05) is 18.5 Å². The first-order chi connectivity index (χ1) is 9.13. The Balaban J connectivity index is 2.29. The SMILES string of the molecule is CCN(C)Cc1cc(-c2nc(CCl)cs2)ccc1F. The van der Waals surface area contributed by atoms with E-state index in [-0.39, 0.29) is 5.82 Å². The highest BCUT2D eigenvalue weighted by Gasteiger charge is 2.09. The molecule has 0 saturated heterocycles. The van der Waals surface area contributed by atoms with Crippen molar-refractivity contribution in [3.63, 3.8) is 0 Å². The van der Waals surface area contributed by atoms with Gasteiger partial charge in [-0.1, -0.05) is 6.92 Å². The maximum Gasteiger partial charge on any atom is 0.127 e. The highest BCUT2D eigenvalue weighted by molar-refractivity contribution is 7.13. The lowest BCUT2D eigenvalue weighted by Crippen LogP contribution is -2.17. The molecule has 1 aromatic carbocycles. The van der Waals surface area contributed by atoms with Crippen molar-refractivity contribution in [2.24, 2.45) is 0 Å². The van der Waals surface area contributed by atoms with Gasteiger partial charge in [0.25, 0.3) is 0 Å². The average molecular weight is 299 g/mol. The molecule has 2 aromatic rings. The molecular weight excluding hydrogens is 283 g/mol. The highest BCUT2D eigenvalue weighted by Crippen LogP contribution is 2.26. The molecule has 5 heteroatoms. The van der Waals surface area contributed by atoms with Gasteiger partial charge in [0.15, 0.2) is 0 Å². The number of rotatable bonds is 5. The van der Waals surface area contributed by atoms with Crippen LogP contribution in [0.1, 0.15) is 18.2 Å². The summed E-state index contributed by atoms with van der Waals surface area (Å²) in [5, 5.41) is 2.82. The smallest absolute Gasteiger partial charge is 0.127 e. The van der Waals surface area contributed by atoms with Gasteiger partial charge in [0.1, 0.15) is 10.8 Å². The zero-order chi connectivity index (χ0) is 13.8. The maximum atomic E-state index is 13.8. The van der Waals surface area contributed by atoms with Gasteiger partial charge in [-0.3, -0.25) is 0 Å². The van der Waals surface area contributed by atoms with E-state index in [9.17, 15) is 4.39 Å². The van der Waals surface area contributed by atoms with Crippen molar-refractivity contribution in [3.8, 4) is 10.6 Å². The lowest BCUT2D eigenvalue weighted by Gasteiger charge is -2.14. The van der Waals surface area contributed by atoms with E-state index in [0.29, 0.717) is 18.0 Å². The topological polar surface area (TPSA) is 16.1 Å². The van der Waals surface area contributed by atoms with Gasteiger partial charge in [0.2, 0.25) is 0 Å². The number of nitrogens with zero attached hydrogens (tertiary/aromatic N) is 2. The summed E-state index contributed by atoms with van der Waals surface area (Å²) in [4.78, 5) is 6.48. The van der Waals surface area contributed by atoms with Crippen LogP contribution in [0.2, 0.25) is 0 Å². The zero-order valence-electron chi connectivity index (χ0n) is 11.0. The molecule has 0 atom stereocenters. The van der Waals surface area contributed by atoms with Crippen molar-refractivity contribution in [1.29, 1.82) is 0 Å². The molecule has 0 bridgehead atoms. The summed E-state index contributed by atoms with van der Waals surface area (Å²) in [6, 6.07) is 5.15. The second-order valence-corrected chi connectivity index (χ2v) is 5.54. The second-order valence-electron chi connectivity index (χ2n) is 4.41. The molecule has 2 rings (SSSR count). The number of aromatic nitrogens is 1. The molecule has 1 aromatic heterocycles. The molecule has 0 amide bonds. The number of hydrogen-bond donors (Lipinski definition) is 0. The molecule has 0 saturated carbocycles. The summed E-state index contributed by atoms with van der Waals surface area (Å²) in [5.41, 5.74) is 2.50. The van der Waals surface area contributed by atoms with Crippen LogP contribution >= 0.6 is 22.9 Å². The quantitative estimate of drug-likeness (QED) is 0.771. The molecular formula is C14H16ClFN2S. The predicted octanol–water partition coefficient (Wildman–Crippen LogP) is 4.14. The van der Waals surface area contributed by atoms with Crippen LogP contribution in [-0.4, -0.2) is 23.5 Å². The summed E-state index contributed by atoms with van der Waals surface area (Å²) >= 11 is 7.28. The highest BCUT2D eigenvalue weighted by atomic mass is 35.5. The Kier molecular flexibility index (Phi) is 4.91. The van der Waals surface area contributed by atoms with Gasteiger partial charge in [0.05, 0.1) is 11.6 Å². The number of alkyl halides is 1. The van der Waals surface area contributed by atoms with E-state index in [2.05, 4.69) is 16.8 Å². The minimum Gasteiger partial charge on any atom is -0.302 e. The third-order valence-electron chi connectivity index (χ3n) is 2.96. The Morgan fingerprint density at radius 1 is 1.42 bits per heavy atom. The molecule has 19 heavy (non-hydrogen) atoms. The summed E-state index contributed by atoms with van der Waals surface area (Å²) in [7, 11) is 1.97. The number of benzene rings is 1.